The van der Waals surface area contributed by atoms with Gasteiger partial charge >= 0.3 is 17.9 Å². The van der Waals surface area contributed by atoms with Crippen LogP contribution in [0.15, 0.2) is 12.2 Å². The Balaban J connectivity index is -0.000000285. The van der Waals surface area contributed by atoms with Crippen molar-refractivity contribution in [2.24, 2.45) is 5.41 Å². The lowest BCUT2D eigenvalue weighted by atomic mass is 9.95. The summed E-state index contributed by atoms with van der Waals surface area (Å²) in [4.78, 5) is 29.4. The molecule has 9 nitrogen and oxygen atoms in total. The van der Waals surface area contributed by atoms with Gasteiger partial charge in [0.15, 0.2) is 0 Å². The van der Waals surface area contributed by atoms with Gasteiger partial charge in [0.1, 0.15) is 0 Å². The fraction of sp³-hybridized carbons (Fsp3) is 0.667. The van der Waals surface area contributed by atoms with Gasteiger partial charge in [-0.25, -0.2) is 4.79 Å². The second-order valence-electron chi connectivity index (χ2n) is 5.37. The topological polar surface area (TPSA) is 173 Å². The Hall–Kier alpha value is -1.97. The number of rotatable bonds is 9. The van der Waals surface area contributed by atoms with E-state index < -0.39 is 23.3 Å². The molecule has 0 rings (SSSR count). The fourth-order valence-electron chi connectivity index (χ4n) is 0.702. The number of carboxylic acid groups (broad SMARTS) is 3. The zero-order valence-electron chi connectivity index (χ0n) is 14.1. The first-order valence-electron chi connectivity index (χ1n) is 7.10. The Morgan fingerprint density at radius 3 is 1.17 bits per heavy atom. The van der Waals surface area contributed by atoms with Crippen molar-refractivity contribution < 1.29 is 45.0 Å². The molecule has 0 aliphatic heterocycles. The highest BCUT2D eigenvalue weighted by molar-refractivity contribution is 5.84. The molecule has 6 N–H and O–H groups in total. The normalized spacial score (nSPS) is 9.71. The summed E-state index contributed by atoms with van der Waals surface area (Å²) >= 11 is 0. The average molecular weight is 352 g/mol. The van der Waals surface area contributed by atoms with E-state index >= 15 is 0 Å². The summed E-state index contributed by atoms with van der Waals surface area (Å²) in [6.07, 6.45) is 1.02. The highest BCUT2D eigenvalue weighted by Crippen LogP contribution is 2.10. The maximum Gasteiger partial charge on any atom is 0.330 e. The van der Waals surface area contributed by atoms with Crippen LogP contribution < -0.4 is 0 Å². The molecule has 142 valence electrons. The Kier molecular flexibility index (Phi) is 17.8. The van der Waals surface area contributed by atoms with E-state index in [-0.39, 0.29) is 38.2 Å². The van der Waals surface area contributed by atoms with E-state index in [1.54, 1.807) is 6.92 Å². The first-order chi connectivity index (χ1) is 11.0. The van der Waals surface area contributed by atoms with Crippen molar-refractivity contribution in [1.29, 1.82) is 0 Å². The molecule has 0 amide bonds. The van der Waals surface area contributed by atoms with Crippen LogP contribution >= 0.6 is 0 Å². The number of aliphatic carboxylic acids is 3. The molecule has 0 saturated carbocycles. The summed E-state index contributed by atoms with van der Waals surface area (Å²) < 4.78 is 0. The van der Waals surface area contributed by atoms with Crippen molar-refractivity contribution in [1.82, 2.24) is 0 Å². The van der Waals surface area contributed by atoms with Gasteiger partial charge in [-0.3, -0.25) is 9.59 Å². The van der Waals surface area contributed by atoms with Gasteiger partial charge in [-0.15, -0.1) is 0 Å². The molecule has 0 atom stereocenters. The van der Waals surface area contributed by atoms with Crippen LogP contribution in [0, 0.1) is 5.41 Å². The van der Waals surface area contributed by atoms with Gasteiger partial charge in [-0.2, -0.15) is 0 Å². The molecule has 0 aromatic carbocycles. The summed E-state index contributed by atoms with van der Waals surface area (Å²) in [6, 6.07) is 0. The highest BCUT2D eigenvalue weighted by atomic mass is 16.4. The summed E-state index contributed by atoms with van der Waals surface area (Å²) in [5.41, 5.74) is -0.532. The molecule has 0 aliphatic carbocycles. The smallest absolute Gasteiger partial charge is 0.330 e. The Labute approximate surface area is 140 Å². The maximum atomic E-state index is 9.90. The lowest BCUT2D eigenvalue weighted by molar-refractivity contribution is -0.139. The molecule has 0 heterocycles. The van der Waals surface area contributed by atoms with Crippen LogP contribution in [-0.4, -0.2) is 68.4 Å². The van der Waals surface area contributed by atoms with Crippen LogP contribution in [0.2, 0.25) is 0 Å². The number of unbranched alkanes of at least 4 members (excludes halogenated alkanes) is 1. The molecule has 0 fully saturated rings. The van der Waals surface area contributed by atoms with Gasteiger partial charge in [0.2, 0.25) is 0 Å². The van der Waals surface area contributed by atoms with E-state index in [2.05, 4.69) is 6.58 Å². The molecule has 9 heteroatoms. The number of aliphatic hydroxyl groups is 3. The minimum Gasteiger partial charge on any atom is -0.481 e. The third kappa shape index (κ3) is 22.3. The molecule has 0 saturated heterocycles. The molecular weight excluding hydrogens is 324 g/mol. The van der Waals surface area contributed by atoms with Crippen LogP contribution in [0.4, 0.5) is 0 Å². The van der Waals surface area contributed by atoms with E-state index in [1.807, 2.05) is 0 Å². The van der Waals surface area contributed by atoms with Crippen LogP contribution in [-0.2, 0) is 14.4 Å². The van der Waals surface area contributed by atoms with E-state index in [9.17, 15) is 14.4 Å². The second kappa shape index (κ2) is 15.9. The molecule has 0 unspecified atom stereocenters. The van der Waals surface area contributed by atoms with E-state index in [1.165, 1.54) is 6.92 Å². The predicted octanol–water partition coefficient (Wildman–Crippen LogP) is 0.333. The minimum atomic E-state index is -0.935. The summed E-state index contributed by atoms with van der Waals surface area (Å²) in [5.74, 6) is -2.68. The Morgan fingerprint density at radius 2 is 1.08 bits per heavy atom. The van der Waals surface area contributed by atoms with Gasteiger partial charge in [-0.1, -0.05) is 13.5 Å². The van der Waals surface area contributed by atoms with E-state index in [0.29, 0.717) is 12.8 Å². The van der Waals surface area contributed by atoms with Gasteiger partial charge in [0.05, 0.1) is 19.8 Å². The number of aliphatic hydroxyl groups excluding tert-OH is 3. The van der Waals surface area contributed by atoms with Gasteiger partial charge in [0.25, 0.3) is 0 Å². The fourth-order valence-corrected chi connectivity index (χ4v) is 0.702. The standard InChI is InChI=1S/C6H10O4.C5H12O3.C4H6O2/c7-5(8)3-1-2-4-6(9)10;1-5(2-6,3-7)4-8;1-3(2)4(5)6/h1-4H2,(H,7,8)(H,9,10);6-8H,2-4H2,1H3;1H2,2H3,(H,5,6). The number of hydrogen-bond donors (Lipinski definition) is 6. The van der Waals surface area contributed by atoms with Crippen molar-refractivity contribution in [3.63, 3.8) is 0 Å². The molecule has 0 radical (unpaired) electrons. The van der Waals surface area contributed by atoms with Crippen molar-refractivity contribution in [3.05, 3.63) is 12.2 Å². The molecule has 24 heavy (non-hydrogen) atoms. The average Bonchev–Trinajstić information content (AvgIpc) is 2.51. The van der Waals surface area contributed by atoms with Gasteiger partial charge in [-0.05, 0) is 19.8 Å². The van der Waals surface area contributed by atoms with Crippen LogP contribution in [0.3, 0.4) is 0 Å². The largest absolute Gasteiger partial charge is 0.481 e. The van der Waals surface area contributed by atoms with Crippen molar-refractivity contribution in [2.75, 3.05) is 19.8 Å². The van der Waals surface area contributed by atoms with E-state index in [0.717, 1.165) is 0 Å². The van der Waals surface area contributed by atoms with Crippen molar-refractivity contribution >= 4 is 17.9 Å². The van der Waals surface area contributed by atoms with Crippen molar-refractivity contribution in [2.45, 2.75) is 39.5 Å². The summed E-state index contributed by atoms with van der Waals surface area (Å²) in [6.45, 7) is 5.66. The zero-order valence-corrected chi connectivity index (χ0v) is 14.1. The molecule has 0 bridgehead atoms. The SMILES string of the molecule is C=C(C)C(=O)O.CC(CO)(CO)CO.O=C(O)CCCCC(=O)O. The van der Waals surface area contributed by atoms with E-state index in [4.69, 9.17) is 30.6 Å². The predicted molar refractivity (Wildman–Crippen MR) is 85.6 cm³/mol. The van der Waals surface area contributed by atoms with Gasteiger partial charge < -0.3 is 30.6 Å². The molecule has 0 aliphatic rings. The quantitative estimate of drug-likeness (QED) is 0.252. The minimum absolute atomic E-state index is 0.0628. The maximum absolute atomic E-state index is 9.90. The number of carbonyl (C=O) groups is 3. The third-order valence-corrected chi connectivity index (χ3v) is 2.54. The molecular formula is C15H28O9. The summed E-state index contributed by atoms with van der Waals surface area (Å²) in [5, 5.41) is 49.5. The Morgan fingerprint density at radius 1 is 0.833 bits per heavy atom. The highest BCUT2D eigenvalue weighted by Gasteiger charge is 2.20. The van der Waals surface area contributed by atoms with Crippen LogP contribution in [0.25, 0.3) is 0 Å². The summed E-state index contributed by atoms with van der Waals surface area (Å²) in [7, 11) is 0. The molecule has 0 aromatic rings. The number of carboxylic acids is 3. The van der Waals surface area contributed by atoms with Crippen LogP contribution in [0.5, 0.6) is 0 Å². The zero-order chi connectivity index (χ0) is 19.8. The first kappa shape index (κ1) is 26.9. The lowest BCUT2D eigenvalue weighted by Crippen LogP contribution is -2.29. The number of hydrogen-bond acceptors (Lipinski definition) is 6. The first-order valence-corrected chi connectivity index (χ1v) is 7.10. The lowest BCUT2D eigenvalue weighted by Gasteiger charge is -2.20. The molecule has 0 aromatic heterocycles. The van der Waals surface area contributed by atoms with Crippen LogP contribution in [0.1, 0.15) is 39.5 Å². The Bertz CT molecular complexity index is 350. The monoisotopic (exact) mass is 352 g/mol. The second-order valence-corrected chi connectivity index (χ2v) is 5.37. The van der Waals surface area contributed by atoms with Crippen molar-refractivity contribution in [3.8, 4) is 0 Å². The van der Waals surface area contributed by atoms with Gasteiger partial charge in [0, 0.05) is 23.8 Å². The molecule has 0 spiro atoms. The third-order valence-electron chi connectivity index (χ3n) is 2.54.